The monoisotopic (exact) mass is 239 g/mol. The lowest BCUT2D eigenvalue weighted by molar-refractivity contribution is -0.0244. The number of rotatable bonds is 4. The van der Waals surface area contributed by atoms with Gasteiger partial charge in [0.05, 0.1) is 6.10 Å². The van der Waals surface area contributed by atoms with E-state index >= 15 is 0 Å². The molecule has 0 bridgehead atoms. The minimum absolute atomic E-state index is 0.410. The summed E-state index contributed by atoms with van der Waals surface area (Å²) < 4.78 is 0. The van der Waals surface area contributed by atoms with Crippen LogP contribution >= 0.6 is 11.6 Å². The molecule has 0 amide bonds. The van der Waals surface area contributed by atoms with Gasteiger partial charge in [0.2, 0.25) is 0 Å². The van der Waals surface area contributed by atoms with Crippen molar-refractivity contribution in [3.05, 3.63) is 34.3 Å². The van der Waals surface area contributed by atoms with E-state index < -0.39 is 0 Å². The maximum Gasteiger partial charge on any atom is 0.0790 e. The van der Waals surface area contributed by atoms with Crippen LogP contribution in [0.3, 0.4) is 0 Å². The Bertz CT molecular complexity index is 348. The van der Waals surface area contributed by atoms with Crippen molar-refractivity contribution >= 4 is 11.6 Å². The number of aryl methyl sites for hydroxylation is 1. The molecule has 1 aromatic carbocycles. The van der Waals surface area contributed by atoms with Crippen LogP contribution in [0.4, 0.5) is 0 Å². The summed E-state index contributed by atoms with van der Waals surface area (Å²) >= 11 is 5.90. The van der Waals surface area contributed by atoms with Crippen LogP contribution in [0.5, 0.6) is 0 Å². The molecule has 16 heavy (non-hydrogen) atoms. The molecule has 1 saturated carbocycles. The normalized spacial score (nSPS) is 16.9. The van der Waals surface area contributed by atoms with E-state index in [1.165, 1.54) is 36.8 Å². The van der Waals surface area contributed by atoms with Gasteiger partial charge in [-0.2, -0.15) is 5.48 Å². The van der Waals surface area contributed by atoms with E-state index in [1.807, 2.05) is 18.2 Å². The first-order valence-electron chi connectivity index (χ1n) is 5.89. The van der Waals surface area contributed by atoms with E-state index in [1.54, 1.807) is 0 Å². The zero-order valence-corrected chi connectivity index (χ0v) is 10.4. The second-order valence-electron chi connectivity index (χ2n) is 4.42. The Kier molecular flexibility index (Phi) is 4.22. The van der Waals surface area contributed by atoms with Gasteiger partial charge >= 0.3 is 0 Å². The van der Waals surface area contributed by atoms with E-state index in [0.717, 1.165) is 11.6 Å². The molecule has 1 fully saturated rings. The number of halogens is 1. The lowest BCUT2D eigenvalue weighted by Crippen LogP contribution is -2.21. The first kappa shape index (κ1) is 11.9. The van der Waals surface area contributed by atoms with Crippen LogP contribution < -0.4 is 5.48 Å². The molecule has 1 N–H and O–H groups in total. The average molecular weight is 240 g/mol. The third kappa shape index (κ3) is 3.21. The fourth-order valence-corrected chi connectivity index (χ4v) is 2.33. The van der Waals surface area contributed by atoms with E-state index in [9.17, 15) is 0 Å². The number of hydrogen-bond acceptors (Lipinski definition) is 2. The van der Waals surface area contributed by atoms with Gasteiger partial charge in [-0.25, -0.2) is 0 Å². The van der Waals surface area contributed by atoms with Crippen molar-refractivity contribution in [2.45, 2.75) is 45.3 Å². The smallest absolute Gasteiger partial charge is 0.0790 e. The fraction of sp³-hybridized carbons (Fsp3) is 0.538. The molecule has 0 heterocycles. The summed E-state index contributed by atoms with van der Waals surface area (Å²) in [6.45, 7) is 2.82. The summed E-state index contributed by atoms with van der Waals surface area (Å²) in [4.78, 5) is 5.61. The van der Waals surface area contributed by atoms with Crippen LogP contribution in [0.25, 0.3) is 0 Å². The molecule has 1 aromatic rings. The highest BCUT2D eigenvalue weighted by atomic mass is 35.5. The van der Waals surface area contributed by atoms with Gasteiger partial charge < -0.3 is 0 Å². The van der Waals surface area contributed by atoms with E-state index in [4.69, 9.17) is 16.4 Å². The molecule has 0 radical (unpaired) electrons. The van der Waals surface area contributed by atoms with Gasteiger partial charge in [-0.05, 0) is 43.0 Å². The predicted molar refractivity (Wildman–Crippen MR) is 66.4 cm³/mol. The summed E-state index contributed by atoms with van der Waals surface area (Å²) in [5, 5.41) is 0.790. The summed E-state index contributed by atoms with van der Waals surface area (Å²) in [5.41, 5.74) is 5.50. The third-order valence-electron chi connectivity index (χ3n) is 3.12. The predicted octanol–water partition coefficient (Wildman–Crippen LogP) is 3.61. The summed E-state index contributed by atoms with van der Waals surface area (Å²) in [7, 11) is 0. The van der Waals surface area contributed by atoms with Gasteiger partial charge in [0.15, 0.2) is 0 Å². The number of benzene rings is 1. The quantitative estimate of drug-likeness (QED) is 0.811. The van der Waals surface area contributed by atoms with Gasteiger partial charge in [0, 0.05) is 11.6 Å². The molecule has 3 heteroatoms. The van der Waals surface area contributed by atoms with E-state index in [0.29, 0.717) is 6.10 Å². The maximum atomic E-state index is 5.90. The molecule has 2 nitrogen and oxygen atoms in total. The topological polar surface area (TPSA) is 21.3 Å². The van der Waals surface area contributed by atoms with Crippen LogP contribution in [0, 0.1) is 6.92 Å². The van der Waals surface area contributed by atoms with Gasteiger partial charge in [-0.15, -0.1) is 0 Å². The first-order chi connectivity index (χ1) is 7.75. The van der Waals surface area contributed by atoms with Crippen LogP contribution in [-0.4, -0.2) is 6.10 Å². The van der Waals surface area contributed by atoms with Crippen molar-refractivity contribution in [3.63, 3.8) is 0 Å². The number of nitrogens with one attached hydrogen (secondary N) is 1. The fourth-order valence-electron chi connectivity index (χ4n) is 2.10. The van der Waals surface area contributed by atoms with Gasteiger partial charge in [-0.3, -0.25) is 4.84 Å². The molecular formula is C13H18ClNO. The molecule has 1 aliphatic carbocycles. The van der Waals surface area contributed by atoms with Gasteiger partial charge in [0.25, 0.3) is 0 Å². The Morgan fingerprint density at radius 1 is 1.38 bits per heavy atom. The summed E-state index contributed by atoms with van der Waals surface area (Å²) in [6, 6.07) is 5.94. The summed E-state index contributed by atoms with van der Waals surface area (Å²) in [6.07, 6.45) is 5.38. The van der Waals surface area contributed by atoms with Crippen LogP contribution in [0.15, 0.2) is 18.2 Å². The van der Waals surface area contributed by atoms with Crippen molar-refractivity contribution in [1.82, 2.24) is 5.48 Å². The van der Waals surface area contributed by atoms with Gasteiger partial charge in [-0.1, -0.05) is 30.5 Å². The SMILES string of the molecule is Cc1cc(Cl)ccc1CNOC1CCCC1. The molecule has 0 aliphatic heterocycles. The Morgan fingerprint density at radius 2 is 2.12 bits per heavy atom. The Labute approximate surface area is 102 Å². The van der Waals surface area contributed by atoms with Crippen molar-refractivity contribution < 1.29 is 4.84 Å². The molecule has 2 rings (SSSR count). The molecule has 0 aromatic heterocycles. The minimum atomic E-state index is 0.410. The second-order valence-corrected chi connectivity index (χ2v) is 4.85. The molecule has 1 aliphatic rings. The third-order valence-corrected chi connectivity index (χ3v) is 3.35. The number of hydrogen-bond donors (Lipinski definition) is 1. The van der Waals surface area contributed by atoms with Crippen LogP contribution in [0.2, 0.25) is 5.02 Å². The van der Waals surface area contributed by atoms with E-state index in [-0.39, 0.29) is 0 Å². The molecule has 0 atom stereocenters. The summed E-state index contributed by atoms with van der Waals surface area (Å²) in [5.74, 6) is 0. The lowest BCUT2D eigenvalue weighted by atomic mass is 10.1. The molecule has 88 valence electrons. The maximum absolute atomic E-state index is 5.90. The molecule has 0 saturated heterocycles. The Hall–Kier alpha value is -0.570. The minimum Gasteiger partial charge on any atom is -0.298 e. The van der Waals surface area contributed by atoms with Crippen molar-refractivity contribution in [2.24, 2.45) is 0 Å². The highest BCUT2D eigenvalue weighted by Crippen LogP contribution is 2.20. The van der Waals surface area contributed by atoms with Gasteiger partial charge in [0.1, 0.15) is 0 Å². The molecule has 0 spiro atoms. The Morgan fingerprint density at radius 3 is 2.81 bits per heavy atom. The molecular weight excluding hydrogens is 222 g/mol. The lowest BCUT2D eigenvalue weighted by Gasteiger charge is -2.12. The zero-order chi connectivity index (χ0) is 11.4. The second kappa shape index (κ2) is 5.67. The van der Waals surface area contributed by atoms with Crippen LogP contribution in [0.1, 0.15) is 36.8 Å². The highest BCUT2D eigenvalue weighted by molar-refractivity contribution is 6.30. The first-order valence-corrected chi connectivity index (χ1v) is 6.27. The van der Waals surface area contributed by atoms with Crippen molar-refractivity contribution in [2.75, 3.05) is 0 Å². The van der Waals surface area contributed by atoms with Crippen molar-refractivity contribution in [1.29, 1.82) is 0 Å². The molecule has 0 unspecified atom stereocenters. The zero-order valence-electron chi connectivity index (χ0n) is 9.63. The average Bonchev–Trinajstić information content (AvgIpc) is 2.74. The van der Waals surface area contributed by atoms with Crippen molar-refractivity contribution in [3.8, 4) is 0 Å². The van der Waals surface area contributed by atoms with Crippen LogP contribution in [-0.2, 0) is 11.4 Å². The number of hydroxylamine groups is 1. The Balaban J connectivity index is 1.80. The highest BCUT2D eigenvalue weighted by Gasteiger charge is 2.15. The van der Waals surface area contributed by atoms with E-state index in [2.05, 4.69) is 12.4 Å². The largest absolute Gasteiger partial charge is 0.298 e. The standard InChI is InChI=1S/C13H18ClNO/c1-10-8-12(14)7-6-11(10)9-15-16-13-4-2-3-5-13/h6-8,13,15H,2-5,9H2,1H3.